The van der Waals surface area contributed by atoms with E-state index < -0.39 is 16.8 Å². The quantitative estimate of drug-likeness (QED) is 0.157. The number of nitro benzene ring substituents is 1. The Hall–Kier alpha value is -4.05. The first-order valence-electron chi connectivity index (χ1n) is 9.59. The van der Waals surface area contributed by atoms with Crippen molar-refractivity contribution >= 4 is 39.7 Å². The molecular formula is C23H18BrN3O6. The number of aryl methyl sites for hydroxylation is 1. The standard InChI is InChI=1S/C23H18BrN3O6/c1-15-3-2-4-16(11-15)23(29)33-21-10-5-18(24)12-17(21)13-25-26-22(28)14-32-20-8-6-19(7-9-20)27(30)31/h2-13H,14H2,1H3,(H,26,28)/b25-13+. The molecule has 0 unspecified atom stereocenters. The van der Waals surface area contributed by atoms with Crippen LogP contribution in [0.3, 0.4) is 0 Å². The minimum absolute atomic E-state index is 0.0793. The summed E-state index contributed by atoms with van der Waals surface area (Å²) in [5.41, 5.74) is 4.04. The number of nitro groups is 1. The topological polar surface area (TPSA) is 120 Å². The number of benzene rings is 3. The number of amides is 1. The van der Waals surface area contributed by atoms with Crippen molar-refractivity contribution in [1.29, 1.82) is 0 Å². The van der Waals surface area contributed by atoms with Gasteiger partial charge < -0.3 is 9.47 Å². The Morgan fingerprint density at radius 1 is 1.12 bits per heavy atom. The lowest BCUT2D eigenvalue weighted by Crippen LogP contribution is -2.24. The summed E-state index contributed by atoms with van der Waals surface area (Å²) in [6.45, 7) is 1.53. The highest BCUT2D eigenvalue weighted by Crippen LogP contribution is 2.23. The lowest BCUT2D eigenvalue weighted by molar-refractivity contribution is -0.384. The Morgan fingerprint density at radius 3 is 2.58 bits per heavy atom. The first-order chi connectivity index (χ1) is 15.8. The molecule has 0 saturated heterocycles. The molecule has 33 heavy (non-hydrogen) atoms. The van der Waals surface area contributed by atoms with Gasteiger partial charge in [0.1, 0.15) is 11.5 Å². The van der Waals surface area contributed by atoms with Crippen LogP contribution in [0.5, 0.6) is 11.5 Å². The molecule has 0 aliphatic carbocycles. The highest BCUT2D eigenvalue weighted by Gasteiger charge is 2.12. The number of esters is 1. The van der Waals surface area contributed by atoms with Crippen LogP contribution in [-0.2, 0) is 4.79 Å². The van der Waals surface area contributed by atoms with Crippen molar-refractivity contribution in [3.05, 3.63) is 98.0 Å². The molecule has 3 aromatic carbocycles. The normalized spacial score (nSPS) is 10.6. The van der Waals surface area contributed by atoms with E-state index in [9.17, 15) is 19.7 Å². The summed E-state index contributed by atoms with van der Waals surface area (Å²) >= 11 is 3.35. The van der Waals surface area contributed by atoms with Crippen LogP contribution in [-0.4, -0.2) is 29.6 Å². The molecule has 3 aromatic rings. The SMILES string of the molecule is Cc1cccc(C(=O)Oc2ccc(Br)cc2/C=N/NC(=O)COc2ccc([N+](=O)[O-])cc2)c1. The molecule has 0 aliphatic heterocycles. The number of hydrogen-bond donors (Lipinski definition) is 1. The van der Waals surface area contributed by atoms with Crippen molar-refractivity contribution in [2.24, 2.45) is 5.10 Å². The van der Waals surface area contributed by atoms with E-state index in [4.69, 9.17) is 9.47 Å². The van der Waals surface area contributed by atoms with Crippen molar-refractivity contribution < 1.29 is 24.0 Å². The molecule has 0 saturated carbocycles. The Kier molecular flexibility index (Phi) is 7.87. The molecule has 0 atom stereocenters. The Balaban J connectivity index is 1.59. The molecule has 0 fully saturated rings. The molecule has 10 heteroatoms. The van der Waals surface area contributed by atoms with Gasteiger partial charge in [-0.05, 0) is 49.4 Å². The van der Waals surface area contributed by atoms with E-state index >= 15 is 0 Å². The van der Waals surface area contributed by atoms with E-state index in [1.165, 1.54) is 30.5 Å². The van der Waals surface area contributed by atoms with Crippen LogP contribution in [0.15, 0.2) is 76.3 Å². The minimum atomic E-state index is -0.544. The van der Waals surface area contributed by atoms with Gasteiger partial charge >= 0.3 is 5.97 Å². The minimum Gasteiger partial charge on any atom is -0.484 e. The Morgan fingerprint density at radius 2 is 1.88 bits per heavy atom. The predicted molar refractivity (Wildman–Crippen MR) is 125 cm³/mol. The maximum absolute atomic E-state index is 12.5. The van der Waals surface area contributed by atoms with Gasteiger partial charge in [-0.25, -0.2) is 10.2 Å². The molecule has 9 nitrogen and oxygen atoms in total. The van der Waals surface area contributed by atoms with E-state index in [-0.39, 0.29) is 18.0 Å². The van der Waals surface area contributed by atoms with Gasteiger partial charge in [0.15, 0.2) is 6.61 Å². The van der Waals surface area contributed by atoms with Crippen LogP contribution in [0.4, 0.5) is 5.69 Å². The number of rotatable bonds is 8. The van der Waals surface area contributed by atoms with E-state index in [2.05, 4.69) is 26.5 Å². The predicted octanol–water partition coefficient (Wildman–Crippen LogP) is 4.41. The zero-order valence-electron chi connectivity index (χ0n) is 17.4. The summed E-state index contributed by atoms with van der Waals surface area (Å²) in [6.07, 6.45) is 1.34. The van der Waals surface area contributed by atoms with Gasteiger partial charge in [-0.3, -0.25) is 14.9 Å². The molecule has 0 aromatic heterocycles. The lowest BCUT2D eigenvalue weighted by Gasteiger charge is -2.08. The zero-order valence-corrected chi connectivity index (χ0v) is 18.9. The van der Waals surface area contributed by atoms with Crippen LogP contribution in [0.1, 0.15) is 21.5 Å². The van der Waals surface area contributed by atoms with Crippen molar-refractivity contribution in [2.75, 3.05) is 6.61 Å². The zero-order chi connectivity index (χ0) is 23.8. The largest absolute Gasteiger partial charge is 0.484 e. The molecule has 1 amide bonds. The van der Waals surface area contributed by atoms with Gasteiger partial charge in [0, 0.05) is 22.2 Å². The van der Waals surface area contributed by atoms with Crippen molar-refractivity contribution in [3.8, 4) is 11.5 Å². The summed E-state index contributed by atoms with van der Waals surface area (Å²) in [4.78, 5) is 34.6. The second-order valence-corrected chi connectivity index (χ2v) is 7.69. The van der Waals surface area contributed by atoms with Crippen LogP contribution >= 0.6 is 15.9 Å². The van der Waals surface area contributed by atoms with Gasteiger partial charge in [-0.15, -0.1) is 0 Å². The van der Waals surface area contributed by atoms with E-state index in [1.54, 1.807) is 36.4 Å². The third-order valence-corrected chi connectivity index (χ3v) is 4.73. The summed E-state index contributed by atoms with van der Waals surface area (Å²) in [5.74, 6) is -0.490. The van der Waals surface area contributed by atoms with Crippen LogP contribution < -0.4 is 14.9 Å². The third kappa shape index (κ3) is 6.97. The number of carbonyl (C=O) groups excluding carboxylic acids is 2. The summed E-state index contributed by atoms with van der Waals surface area (Å²) in [7, 11) is 0. The fourth-order valence-corrected chi connectivity index (χ4v) is 3.04. The van der Waals surface area contributed by atoms with Crippen molar-refractivity contribution in [3.63, 3.8) is 0 Å². The first kappa shape index (κ1) is 23.6. The summed E-state index contributed by atoms with van der Waals surface area (Å²) in [6, 6.07) is 17.4. The fraction of sp³-hybridized carbons (Fsp3) is 0.0870. The Bertz CT molecular complexity index is 1210. The molecule has 1 N–H and O–H groups in total. The number of carbonyl (C=O) groups is 2. The van der Waals surface area contributed by atoms with Crippen molar-refractivity contribution in [2.45, 2.75) is 6.92 Å². The third-order valence-electron chi connectivity index (χ3n) is 4.24. The first-order valence-corrected chi connectivity index (χ1v) is 10.4. The van der Waals surface area contributed by atoms with Crippen molar-refractivity contribution in [1.82, 2.24) is 5.43 Å². The maximum atomic E-state index is 12.5. The highest BCUT2D eigenvalue weighted by molar-refractivity contribution is 9.10. The highest BCUT2D eigenvalue weighted by atomic mass is 79.9. The second kappa shape index (κ2) is 11.0. The van der Waals surface area contributed by atoms with Gasteiger partial charge in [0.2, 0.25) is 0 Å². The molecule has 168 valence electrons. The van der Waals surface area contributed by atoms with Crippen LogP contribution in [0.2, 0.25) is 0 Å². The van der Waals surface area contributed by atoms with Gasteiger partial charge in [-0.1, -0.05) is 33.6 Å². The number of ether oxygens (including phenoxy) is 2. The average molecular weight is 512 g/mol. The van der Waals surface area contributed by atoms with E-state index in [0.717, 1.165) is 10.0 Å². The van der Waals surface area contributed by atoms with Gasteiger partial charge in [-0.2, -0.15) is 5.10 Å². The average Bonchev–Trinajstić information content (AvgIpc) is 2.79. The van der Waals surface area contributed by atoms with E-state index in [0.29, 0.717) is 16.9 Å². The van der Waals surface area contributed by atoms with Crippen LogP contribution in [0.25, 0.3) is 0 Å². The summed E-state index contributed by atoms with van der Waals surface area (Å²) in [5, 5.41) is 14.5. The molecule has 3 rings (SSSR count). The number of nitrogens with zero attached hydrogens (tertiary/aromatic N) is 2. The Labute approximate surface area is 197 Å². The number of halogens is 1. The maximum Gasteiger partial charge on any atom is 0.343 e. The fourth-order valence-electron chi connectivity index (χ4n) is 2.66. The van der Waals surface area contributed by atoms with Gasteiger partial charge in [0.05, 0.1) is 16.7 Å². The monoisotopic (exact) mass is 511 g/mol. The summed E-state index contributed by atoms with van der Waals surface area (Å²) < 4.78 is 11.5. The lowest BCUT2D eigenvalue weighted by atomic mass is 10.1. The molecule has 0 bridgehead atoms. The second-order valence-electron chi connectivity index (χ2n) is 6.77. The number of hydrogen-bond acceptors (Lipinski definition) is 7. The van der Waals surface area contributed by atoms with Gasteiger partial charge in [0.25, 0.3) is 11.6 Å². The van der Waals surface area contributed by atoms with E-state index in [1.807, 2.05) is 13.0 Å². The van der Waals surface area contributed by atoms with Crippen LogP contribution in [0, 0.1) is 17.0 Å². The molecule has 0 radical (unpaired) electrons. The number of hydrazone groups is 1. The smallest absolute Gasteiger partial charge is 0.343 e. The molecule has 0 spiro atoms. The number of nitrogens with one attached hydrogen (secondary N) is 1. The number of non-ortho nitro benzene ring substituents is 1. The molecule has 0 aliphatic rings. The molecular weight excluding hydrogens is 494 g/mol. The molecule has 0 heterocycles.